The van der Waals surface area contributed by atoms with Gasteiger partial charge in [-0.15, -0.1) is 0 Å². The Bertz CT molecular complexity index is 2860. The number of phosphoric acid groups is 2. The highest BCUT2D eigenvalue weighted by atomic mass is 31.2. The number of carbonyl (C=O) groups is 3. The van der Waals surface area contributed by atoms with Gasteiger partial charge in [-0.2, -0.15) is 0 Å². The van der Waals surface area contributed by atoms with E-state index in [0.717, 1.165) is 180 Å². The van der Waals surface area contributed by atoms with Gasteiger partial charge in [0.15, 0.2) is 6.10 Å². The van der Waals surface area contributed by atoms with Crippen molar-refractivity contribution in [2.24, 2.45) is 0 Å². The fourth-order valence-electron chi connectivity index (χ4n) is 12.2. The van der Waals surface area contributed by atoms with Gasteiger partial charge < -0.3 is 34.2 Å². The Labute approximate surface area is 713 Å². The molecule has 0 saturated carbocycles. The van der Waals surface area contributed by atoms with Gasteiger partial charge in [-0.1, -0.05) is 370 Å². The van der Waals surface area contributed by atoms with E-state index in [4.69, 9.17) is 32.3 Å². The fourth-order valence-corrected chi connectivity index (χ4v) is 13.8. The summed E-state index contributed by atoms with van der Waals surface area (Å²) in [6, 6.07) is 0. The lowest BCUT2D eigenvalue weighted by Gasteiger charge is -2.21. The number of hydrogen-bond donors (Lipinski definition) is 4. The molecule has 0 saturated heterocycles. The molecule has 0 spiro atoms. The van der Waals surface area contributed by atoms with Crippen molar-refractivity contribution in [1.29, 1.82) is 0 Å². The number of phosphoric ester groups is 2. The van der Waals surface area contributed by atoms with Crippen LogP contribution in [0.4, 0.5) is 0 Å². The Hall–Kier alpha value is -5.35. The summed E-state index contributed by atoms with van der Waals surface area (Å²) in [6.45, 7) is 2.43. The fraction of sp³-hybridized carbons (Fsp3) is 0.667. The van der Waals surface area contributed by atoms with Crippen molar-refractivity contribution in [3.05, 3.63) is 182 Å². The lowest BCUT2D eigenvalue weighted by atomic mass is 10.0. The van der Waals surface area contributed by atoms with Crippen LogP contribution in [0.3, 0.4) is 0 Å². The average molecular weight is 1670 g/mol. The Kier molecular flexibility index (Phi) is 85.8. The third-order valence-electron chi connectivity index (χ3n) is 19.1. The van der Waals surface area contributed by atoms with Gasteiger partial charge in [0.25, 0.3) is 0 Å². The van der Waals surface area contributed by atoms with Crippen molar-refractivity contribution in [2.45, 2.75) is 386 Å². The molecule has 0 aromatic rings. The van der Waals surface area contributed by atoms with Crippen molar-refractivity contribution in [3.8, 4) is 0 Å². The first-order chi connectivity index (χ1) is 57.2. The molecule has 0 amide bonds. The predicted octanol–water partition coefficient (Wildman–Crippen LogP) is 28.4. The molecule has 117 heavy (non-hydrogen) atoms. The van der Waals surface area contributed by atoms with Gasteiger partial charge in [0.2, 0.25) is 0 Å². The monoisotopic (exact) mass is 1670 g/mol. The number of carbonyl (C=O) groups excluding carboxylic acids is 3. The molecule has 4 N–H and O–H groups in total. The molecule has 0 aromatic carbocycles. The number of hydrogen-bond acceptors (Lipinski definition) is 14. The van der Waals surface area contributed by atoms with E-state index in [1.165, 1.54) is 128 Å². The summed E-state index contributed by atoms with van der Waals surface area (Å²) in [7, 11) is -9.82. The summed E-state index contributed by atoms with van der Waals surface area (Å²) in [4.78, 5) is 59.0. The van der Waals surface area contributed by atoms with Crippen molar-refractivity contribution < 1.29 is 75.8 Å². The van der Waals surface area contributed by atoms with Gasteiger partial charge in [-0.05, 0) is 161 Å². The lowest BCUT2D eigenvalue weighted by Crippen LogP contribution is -2.30. The molecule has 0 aliphatic carbocycles. The smallest absolute Gasteiger partial charge is 0.463 e. The second kappa shape index (κ2) is 89.9. The number of ether oxygens (including phenoxy) is 3. The van der Waals surface area contributed by atoms with Crippen LogP contribution >= 0.6 is 15.6 Å². The Morgan fingerprint density at radius 3 is 0.718 bits per heavy atom. The molecule has 0 aliphatic heterocycles. The number of allylic oxidation sites excluding steroid dienone is 30. The molecule has 0 rings (SSSR count). The summed E-state index contributed by atoms with van der Waals surface area (Å²) in [5.74, 6) is -1.60. The molecule has 0 fully saturated rings. The molecule has 18 heteroatoms. The summed E-state index contributed by atoms with van der Waals surface area (Å²) in [5.41, 5.74) is 0. The van der Waals surface area contributed by atoms with E-state index >= 15 is 0 Å². The summed E-state index contributed by atoms with van der Waals surface area (Å²) < 4.78 is 61.5. The van der Waals surface area contributed by atoms with E-state index in [9.17, 15) is 43.5 Å². The zero-order valence-electron chi connectivity index (χ0n) is 73.6. The number of unbranched alkanes of at least 4 members (excludes halogenated alkanes) is 33. The van der Waals surface area contributed by atoms with Gasteiger partial charge in [0, 0.05) is 19.3 Å². The summed E-state index contributed by atoms with van der Waals surface area (Å²) in [6.07, 6.45) is 118. The maximum absolute atomic E-state index is 13.1. The maximum atomic E-state index is 13.1. The van der Waals surface area contributed by atoms with Crippen LogP contribution in [0, 0.1) is 0 Å². The van der Waals surface area contributed by atoms with Gasteiger partial charge in [-0.25, -0.2) is 9.13 Å². The minimum atomic E-state index is -4.95. The van der Waals surface area contributed by atoms with Crippen LogP contribution in [0.15, 0.2) is 182 Å². The van der Waals surface area contributed by atoms with Gasteiger partial charge in [0.05, 0.1) is 26.4 Å². The molecule has 0 heterocycles. The van der Waals surface area contributed by atoms with E-state index in [1.54, 1.807) is 0 Å². The quantitative estimate of drug-likeness (QED) is 0.0146. The SMILES string of the molecule is CC/C=C\C/C=C\C/C=C\C/C=C\C/C=C\C/C=C\CCCCCCCCCCCCCCCCC(=O)OCC(O)COP(=O)(O)OCC(O)COP(=O)(O)OCC(COC(=O)CCCCCCCCCCCCC/C=C\C/C=C\C/C=C\C/C=C\CCCCC)OC(=O)CCCCCCC/C=C\C/C=C\C/C=C\C/C=C\C/C=C\CC. The first-order valence-corrected chi connectivity index (χ1v) is 49.1. The van der Waals surface area contributed by atoms with Crippen molar-refractivity contribution in [1.82, 2.24) is 0 Å². The zero-order valence-corrected chi connectivity index (χ0v) is 75.4. The van der Waals surface area contributed by atoms with Crippen LogP contribution in [0.2, 0.25) is 0 Å². The molecule has 0 bridgehead atoms. The highest BCUT2D eigenvalue weighted by molar-refractivity contribution is 7.47. The Morgan fingerprint density at radius 1 is 0.248 bits per heavy atom. The van der Waals surface area contributed by atoms with Crippen molar-refractivity contribution in [3.63, 3.8) is 0 Å². The van der Waals surface area contributed by atoms with Gasteiger partial charge >= 0.3 is 33.6 Å². The maximum Gasteiger partial charge on any atom is 0.472 e. The van der Waals surface area contributed by atoms with Crippen LogP contribution in [-0.2, 0) is 55.8 Å². The second-order valence-corrected chi connectivity index (χ2v) is 33.2. The third kappa shape index (κ3) is 91.2. The molecule has 0 aliphatic rings. The summed E-state index contributed by atoms with van der Waals surface area (Å²) in [5, 5.41) is 20.7. The van der Waals surface area contributed by atoms with Crippen LogP contribution in [0.1, 0.15) is 367 Å². The number of rotatable bonds is 86. The third-order valence-corrected chi connectivity index (χ3v) is 21.0. The predicted molar refractivity (Wildman–Crippen MR) is 491 cm³/mol. The molecular formula is C99H166O16P2. The Balaban J connectivity index is 4.59. The normalized spacial score (nSPS) is 14.6. The summed E-state index contributed by atoms with van der Waals surface area (Å²) >= 11 is 0. The molecule has 5 atom stereocenters. The molecule has 0 aromatic heterocycles. The lowest BCUT2D eigenvalue weighted by molar-refractivity contribution is -0.161. The minimum Gasteiger partial charge on any atom is -0.463 e. The van der Waals surface area contributed by atoms with E-state index in [-0.39, 0.29) is 19.3 Å². The standard InChI is InChI=1S/C99H166O16P2/c1-4-7-10-13-16-19-22-25-28-31-34-37-39-41-43-44-45-46-47-48-50-52-53-56-58-61-64-67-70-73-76-79-82-85-97(102)109-88-94(100)89-111-116(105,106)112-90-95(101)91-113-117(107,108)114-93-96(115-99(104)87-84-81-78-75-72-69-66-63-60-55-36-33-30-27-24-21-18-15-12-9-6-3)92-110-98(103)86-83-80-77-74-71-68-65-62-59-57-54-51-49-42-40-38-35-32-29-26-23-20-17-14-11-8-5-2/h7,9-10,12,16-21,25-30,34-38,41-43,45-46,49,55,63,66,94-96,100-101H,4-6,8,11,13-15,22-24,31-33,39-40,44,47-48,50-54,56-62,64-65,67-93H2,1-3H3,(H,105,106)(H,107,108)/b10-7-,12-9-,19-16-,20-17-,21-18-,28-25-,29-26-,30-27-,37-34-,38-35-,43-41-,46-45-,49-42-,55-36-,66-63-. The van der Waals surface area contributed by atoms with Crippen LogP contribution in [0.5, 0.6) is 0 Å². The highest BCUT2D eigenvalue weighted by Crippen LogP contribution is 2.45. The first-order valence-electron chi connectivity index (χ1n) is 46.1. The first kappa shape index (κ1) is 112. The highest BCUT2D eigenvalue weighted by Gasteiger charge is 2.29. The number of esters is 3. The van der Waals surface area contributed by atoms with Crippen LogP contribution < -0.4 is 0 Å². The molecule has 0 radical (unpaired) electrons. The zero-order chi connectivity index (χ0) is 85.1. The number of aliphatic hydroxyl groups is 2. The van der Waals surface area contributed by atoms with E-state index < -0.39 is 91.5 Å². The minimum absolute atomic E-state index is 0.0768. The molecular weight excluding hydrogens is 1510 g/mol. The topological polar surface area (TPSA) is 231 Å². The Morgan fingerprint density at radius 2 is 0.453 bits per heavy atom. The molecule has 5 unspecified atom stereocenters. The van der Waals surface area contributed by atoms with Gasteiger partial charge in [-0.3, -0.25) is 32.5 Å². The van der Waals surface area contributed by atoms with E-state index in [2.05, 4.69) is 203 Å². The van der Waals surface area contributed by atoms with Crippen LogP contribution in [-0.4, -0.2) is 95.9 Å². The number of aliphatic hydroxyl groups excluding tert-OH is 2. The van der Waals surface area contributed by atoms with E-state index in [1.807, 2.05) is 0 Å². The average Bonchev–Trinajstić information content (AvgIpc) is 0.902. The second-order valence-electron chi connectivity index (χ2n) is 30.3. The molecule has 668 valence electrons. The largest absolute Gasteiger partial charge is 0.472 e. The molecule has 16 nitrogen and oxygen atoms in total. The van der Waals surface area contributed by atoms with Crippen LogP contribution in [0.25, 0.3) is 0 Å². The van der Waals surface area contributed by atoms with E-state index in [0.29, 0.717) is 19.3 Å². The van der Waals surface area contributed by atoms with Crippen molar-refractivity contribution in [2.75, 3.05) is 39.6 Å². The van der Waals surface area contributed by atoms with Crippen molar-refractivity contribution >= 4 is 33.6 Å². The van der Waals surface area contributed by atoms with Gasteiger partial charge in [0.1, 0.15) is 25.4 Å².